The molecule has 5 heterocycles. The monoisotopic (exact) mass is 766 g/mol. The Labute approximate surface area is 340 Å². The number of hydrogen-bond donors (Lipinski definition) is 0. The van der Waals surface area contributed by atoms with Crippen LogP contribution in [-0.2, 0) is 0 Å². The first kappa shape index (κ1) is 31.8. The fraction of sp³-hybridized carbons (Fsp3) is 0. The third kappa shape index (κ3) is 4.16. The molecule has 0 saturated carbocycles. The van der Waals surface area contributed by atoms with Crippen molar-refractivity contribution in [1.82, 2.24) is 19.1 Å². The molecule has 0 amide bonds. The maximum atomic E-state index is 6.96. The SMILES string of the molecule is c1ccc(-n2c3ccccc3c3cc(-c4nc(-n5c6ccccc6c6c7oc8ccccc8c7c7c(ccc8oc9ccccc9c87)c65)nc5ccccc45)ccc32)cc1. The highest BCUT2D eigenvalue weighted by Gasteiger charge is 2.27. The van der Waals surface area contributed by atoms with Crippen LogP contribution in [0.4, 0.5) is 0 Å². The van der Waals surface area contributed by atoms with Gasteiger partial charge in [0.05, 0.1) is 38.7 Å². The van der Waals surface area contributed by atoms with Crippen molar-refractivity contribution in [1.29, 1.82) is 0 Å². The number of hydrogen-bond acceptors (Lipinski definition) is 4. The lowest BCUT2D eigenvalue weighted by molar-refractivity contribution is 0.669. The van der Waals surface area contributed by atoms with Crippen LogP contribution in [0, 0.1) is 0 Å². The number of rotatable bonds is 3. The third-order valence-corrected chi connectivity index (χ3v) is 12.5. The second kappa shape index (κ2) is 11.7. The quantitative estimate of drug-likeness (QED) is 0.180. The summed E-state index contributed by atoms with van der Waals surface area (Å²) < 4.78 is 18.1. The minimum absolute atomic E-state index is 0.593. The van der Waals surface area contributed by atoms with Crippen LogP contribution in [0.3, 0.4) is 0 Å². The molecule has 0 saturated heterocycles. The van der Waals surface area contributed by atoms with Gasteiger partial charge in [-0.2, -0.15) is 0 Å². The maximum Gasteiger partial charge on any atom is 0.235 e. The van der Waals surface area contributed by atoms with E-state index >= 15 is 0 Å². The van der Waals surface area contributed by atoms with Gasteiger partial charge in [-0.05, 0) is 66.7 Å². The van der Waals surface area contributed by atoms with E-state index in [1.165, 1.54) is 10.8 Å². The van der Waals surface area contributed by atoms with Gasteiger partial charge in [-0.15, -0.1) is 0 Å². The van der Waals surface area contributed by atoms with Crippen LogP contribution in [0.25, 0.3) is 132 Å². The summed E-state index contributed by atoms with van der Waals surface area (Å²) in [6.45, 7) is 0. The van der Waals surface area contributed by atoms with Crippen LogP contribution in [0.5, 0.6) is 0 Å². The van der Waals surface area contributed by atoms with Gasteiger partial charge in [-0.1, -0.05) is 115 Å². The highest BCUT2D eigenvalue weighted by molar-refractivity contribution is 6.40. The Morgan fingerprint density at radius 1 is 0.367 bits per heavy atom. The van der Waals surface area contributed by atoms with Gasteiger partial charge < -0.3 is 13.4 Å². The summed E-state index contributed by atoms with van der Waals surface area (Å²) in [6, 6.07) is 63.9. The lowest BCUT2D eigenvalue weighted by Gasteiger charge is -2.13. The molecule has 0 unspecified atom stereocenters. The summed E-state index contributed by atoms with van der Waals surface area (Å²) in [5, 5.41) is 11.9. The summed E-state index contributed by atoms with van der Waals surface area (Å²) in [4.78, 5) is 11.0. The molecule has 0 radical (unpaired) electrons. The van der Waals surface area contributed by atoms with Gasteiger partial charge in [0.15, 0.2) is 0 Å². The maximum absolute atomic E-state index is 6.96. The molecule has 278 valence electrons. The first-order valence-electron chi connectivity index (χ1n) is 20.2. The number of aromatic nitrogens is 4. The lowest BCUT2D eigenvalue weighted by Crippen LogP contribution is -2.04. The first-order valence-corrected chi connectivity index (χ1v) is 20.2. The Morgan fingerprint density at radius 2 is 1.00 bits per heavy atom. The minimum atomic E-state index is 0.593. The van der Waals surface area contributed by atoms with Gasteiger partial charge in [0.2, 0.25) is 5.95 Å². The molecule has 0 bridgehead atoms. The normalized spacial score (nSPS) is 12.3. The van der Waals surface area contributed by atoms with Crippen molar-refractivity contribution in [2.45, 2.75) is 0 Å². The van der Waals surface area contributed by atoms with E-state index in [0.29, 0.717) is 5.95 Å². The zero-order valence-corrected chi connectivity index (χ0v) is 31.9. The van der Waals surface area contributed by atoms with Crippen LogP contribution >= 0.6 is 0 Å². The van der Waals surface area contributed by atoms with Crippen LogP contribution < -0.4 is 0 Å². The number of nitrogens with zero attached hydrogens (tertiary/aromatic N) is 4. The van der Waals surface area contributed by atoms with Gasteiger partial charge in [-0.25, -0.2) is 9.97 Å². The Balaban J connectivity index is 1.13. The number of fused-ring (bicyclic) bond motifs is 18. The van der Waals surface area contributed by atoms with Crippen molar-refractivity contribution in [3.8, 4) is 22.9 Å². The van der Waals surface area contributed by atoms with E-state index in [0.717, 1.165) is 115 Å². The van der Waals surface area contributed by atoms with Crippen molar-refractivity contribution in [3.05, 3.63) is 182 Å². The summed E-state index contributed by atoms with van der Waals surface area (Å²) in [5.41, 5.74) is 11.6. The minimum Gasteiger partial charge on any atom is -0.456 e. The number of benzene rings is 9. The van der Waals surface area contributed by atoms with Gasteiger partial charge in [0.1, 0.15) is 22.3 Å². The molecule has 0 N–H and O–H groups in total. The van der Waals surface area contributed by atoms with E-state index in [-0.39, 0.29) is 0 Å². The van der Waals surface area contributed by atoms with Crippen LogP contribution in [0.15, 0.2) is 191 Å². The van der Waals surface area contributed by atoms with E-state index in [4.69, 9.17) is 18.8 Å². The zero-order chi connectivity index (χ0) is 39.1. The molecule has 14 aromatic rings. The molecule has 0 fully saturated rings. The number of para-hydroxylation sites is 6. The van der Waals surface area contributed by atoms with Crippen LogP contribution in [0.2, 0.25) is 0 Å². The molecular formula is C54H30N4O2. The predicted octanol–water partition coefficient (Wildman–Crippen LogP) is 14.4. The first-order chi connectivity index (χ1) is 29.8. The van der Waals surface area contributed by atoms with Crippen molar-refractivity contribution >= 4 is 109 Å². The largest absolute Gasteiger partial charge is 0.456 e. The average Bonchev–Trinajstić information content (AvgIpc) is 4.06. The lowest BCUT2D eigenvalue weighted by atomic mass is 9.96. The van der Waals surface area contributed by atoms with E-state index in [1.807, 2.05) is 18.2 Å². The summed E-state index contributed by atoms with van der Waals surface area (Å²) in [5.74, 6) is 0.593. The second-order valence-corrected chi connectivity index (χ2v) is 15.6. The van der Waals surface area contributed by atoms with E-state index in [2.05, 4.69) is 173 Å². The van der Waals surface area contributed by atoms with Gasteiger partial charge >= 0.3 is 0 Å². The second-order valence-electron chi connectivity index (χ2n) is 15.6. The Bertz CT molecular complexity index is 4130. The molecule has 0 spiro atoms. The third-order valence-electron chi connectivity index (χ3n) is 12.5. The van der Waals surface area contributed by atoms with Crippen molar-refractivity contribution in [2.75, 3.05) is 0 Å². The molecular weight excluding hydrogens is 737 g/mol. The molecule has 0 aliphatic heterocycles. The summed E-state index contributed by atoms with van der Waals surface area (Å²) >= 11 is 0. The van der Waals surface area contributed by atoms with Crippen molar-refractivity contribution in [3.63, 3.8) is 0 Å². The molecule has 6 nitrogen and oxygen atoms in total. The zero-order valence-electron chi connectivity index (χ0n) is 31.9. The van der Waals surface area contributed by atoms with E-state index < -0.39 is 0 Å². The number of furan rings is 2. The highest BCUT2D eigenvalue weighted by atomic mass is 16.3. The average molecular weight is 767 g/mol. The predicted molar refractivity (Wildman–Crippen MR) is 246 cm³/mol. The van der Waals surface area contributed by atoms with Gasteiger partial charge in [0, 0.05) is 65.1 Å². The van der Waals surface area contributed by atoms with Crippen molar-refractivity contribution < 1.29 is 8.83 Å². The summed E-state index contributed by atoms with van der Waals surface area (Å²) in [7, 11) is 0. The van der Waals surface area contributed by atoms with Crippen LogP contribution in [-0.4, -0.2) is 19.1 Å². The topological polar surface area (TPSA) is 61.9 Å². The molecule has 6 heteroatoms. The highest BCUT2D eigenvalue weighted by Crippen LogP contribution is 2.49. The molecule has 60 heavy (non-hydrogen) atoms. The van der Waals surface area contributed by atoms with E-state index in [1.54, 1.807) is 0 Å². The molecule has 9 aromatic carbocycles. The van der Waals surface area contributed by atoms with Gasteiger partial charge in [0.25, 0.3) is 0 Å². The summed E-state index contributed by atoms with van der Waals surface area (Å²) in [6.07, 6.45) is 0. The van der Waals surface area contributed by atoms with E-state index in [9.17, 15) is 0 Å². The Hall–Kier alpha value is -8.22. The molecule has 0 aliphatic carbocycles. The fourth-order valence-electron chi connectivity index (χ4n) is 10.0. The van der Waals surface area contributed by atoms with Crippen LogP contribution in [0.1, 0.15) is 0 Å². The molecule has 0 aliphatic rings. The molecule has 5 aromatic heterocycles. The standard InChI is InChI=1S/C54H30N4O2/c1-2-14-32(15-3-1)57-41-22-10-5-16-33(41)39-30-31(26-28-43(39)57)51-34-17-4-9-21-40(34)55-54(56-51)58-42-23-11-6-18-35(42)50-52(58)38-27-29-46-47(36-19-7-12-24-44(36)59-46)48(38)49-37-20-8-13-25-45(37)60-53(49)50/h1-30H. The fourth-order valence-corrected chi connectivity index (χ4v) is 10.0. The Kier molecular flexibility index (Phi) is 6.20. The molecule has 14 rings (SSSR count). The Morgan fingerprint density at radius 3 is 1.82 bits per heavy atom. The smallest absolute Gasteiger partial charge is 0.235 e. The van der Waals surface area contributed by atoms with Gasteiger partial charge in [-0.3, -0.25) is 4.57 Å². The molecule has 0 atom stereocenters. The van der Waals surface area contributed by atoms with Crippen molar-refractivity contribution in [2.24, 2.45) is 0 Å².